The Morgan fingerprint density at radius 2 is 2.20 bits per heavy atom. The molecule has 0 amide bonds. The van der Waals surface area contributed by atoms with Crippen LogP contribution in [0.3, 0.4) is 0 Å². The van der Waals surface area contributed by atoms with Gasteiger partial charge in [-0.15, -0.1) is 11.3 Å². The lowest BCUT2D eigenvalue weighted by molar-refractivity contribution is 0.768. The van der Waals surface area contributed by atoms with Crippen LogP contribution in [-0.2, 0) is 6.54 Å². The van der Waals surface area contributed by atoms with Gasteiger partial charge in [0.15, 0.2) is 11.4 Å². The summed E-state index contributed by atoms with van der Waals surface area (Å²) >= 11 is 1.49. The maximum Gasteiger partial charge on any atom is 0.176 e. The van der Waals surface area contributed by atoms with Crippen molar-refractivity contribution in [1.29, 1.82) is 10.5 Å². The Labute approximate surface area is 89.9 Å². The Balaban J connectivity index is 2.35. The highest BCUT2D eigenvalue weighted by Gasteiger charge is 2.10. The van der Waals surface area contributed by atoms with E-state index in [0.717, 1.165) is 5.69 Å². The van der Waals surface area contributed by atoms with E-state index in [1.54, 1.807) is 10.1 Å². The van der Waals surface area contributed by atoms with Crippen LogP contribution in [0.5, 0.6) is 0 Å². The molecule has 0 radical (unpaired) electrons. The Morgan fingerprint density at radius 3 is 2.80 bits per heavy atom. The number of thiazole rings is 1. The highest BCUT2D eigenvalue weighted by atomic mass is 32.1. The van der Waals surface area contributed by atoms with E-state index < -0.39 is 0 Å². The normalized spacial score (nSPS) is 9.47. The van der Waals surface area contributed by atoms with Crippen LogP contribution >= 0.6 is 11.3 Å². The SMILES string of the molecule is N#Cc1ncn(Cc2cscn2)c1C#N. The summed E-state index contributed by atoms with van der Waals surface area (Å²) in [6.07, 6.45) is 1.48. The van der Waals surface area contributed by atoms with Crippen molar-refractivity contribution in [1.82, 2.24) is 14.5 Å². The van der Waals surface area contributed by atoms with E-state index >= 15 is 0 Å². The van der Waals surface area contributed by atoms with E-state index in [4.69, 9.17) is 10.5 Å². The largest absolute Gasteiger partial charge is 0.315 e. The van der Waals surface area contributed by atoms with Gasteiger partial charge in [0.1, 0.15) is 12.1 Å². The number of hydrogen-bond donors (Lipinski definition) is 0. The predicted molar refractivity (Wildman–Crippen MR) is 52.9 cm³/mol. The van der Waals surface area contributed by atoms with E-state index in [2.05, 4.69) is 9.97 Å². The average molecular weight is 215 g/mol. The summed E-state index contributed by atoms with van der Waals surface area (Å²) in [7, 11) is 0. The molecule has 0 aliphatic heterocycles. The monoisotopic (exact) mass is 215 g/mol. The van der Waals surface area contributed by atoms with Gasteiger partial charge in [-0.05, 0) is 0 Å². The summed E-state index contributed by atoms with van der Waals surface area (Å²) in [5, 5.41) is 19.5. The van der Waals surface area contributed by atoms with E-state index in [-0.39, 0.29) is 11.4 Å². The molecule has 5 nitrogen and oxygen atoms in total. The lowest BCUT2D eigenvalue weighted by Gasteiger charge is -1.99. The molecule has 2 rings (SSSR count). The molecule has 0 N–H and O–H groups in total. The van der Waals surface area contributed by atoms with Gasteiger partial charge in [-0.1, -0.05) is 0 Å². The van der Waals surface area contributed by atoms with Crippen LogP contribution in [0.15, 0.2) is 17.2 Å². The van der Waals surface area contributed by atoms with Crippen molar-refractivity contribution in [2.45, 2.75) is 6.54 Å². The van der Waals surface area contributed by atoms with Crippen molar-refractivity contribution in [3.05, 3.63) is 34.3 Å². The van der Waals surface area contributed by atoms with Gasteiger partial charge in [0.05, 0.1) is 24.1 Å². The fourth-order valence-electron chi connectivity index (χ4n) is 1.19. The number of imidazole rings is 1. The number of nitrogens with zero attached hydrogens (tertiary/aromatic N) is 5. The molecule has 0 spiro atoms. The molecule has 0 atom stereocenters. The topological polar surface area (TPSA) is 78.3 Å². The van der Waals surface area contributed by atoms with Crippen LogP contribution in [0.1, 0.15) is 17.1 Å². The highest BCUT2D eigenvalue weighted by molar-refractivity contribution is 7.07. The van der Waals surface area contributed by atoms with Gasteiger partial charge in [0.25, 0.3) is 0 Å². The molecule has 2 aromatic heterocycles. The van der Waals surface area contributed by atoms with E-state index in [9.17, 15) is 0 Å². The van der Waals surface area contributed by atoms with Crippen LogP contribution in [0.4, 0.5) is 0 Å². The van der Waals surface area contributed by atoms with Crippen LogP contribution < -0.4 is 0 Å². The van der Waals surface area contributed by atoms with Crippen LogP contribution in [-0.4, -0.2) is 14.5 Å². The second-order valence-electron chi connectivity index (χ2n) is 2.77. The van der Waals surface area contributed by atoms with E-state index in [1.807, 2.05) is 17.5 Å². The summed E-state index contributed by atoms with van der Waals surface area (Å²) in [6.45, 7) is 0.473. The molecule has 2 aromatic rings. The molecule has 0 bridgehead atoms. The maximum absolute atomic E-state index is 8.87. The number of aromatic nitrogens is 3. The third-order valence-electron chi connectivity index (χ3n) is 1.87. The third kappa shape index (κ3) is 1.71. The standard InChI is InChI=1S/C9H5N5S/c10-1-8-9(2-11)14(5-12-8)3-7-4-15-6-13-7/h4-6H,3H2. The first-order chi connectivity index (χ1) is 7.35. The zero-order valence-corrected chi connectivity index (χ0v) is 8.40. The van der Waals surface area contributed by atoms with Crippen LogP contribution in [0, 0.1) is 22.7 Å². The van der Waals surface area contributed by atoms with E-state index in [0.29, 0.717) is 6.54 Å². The lowest BCUT2D eigenvalue weighted by atomic mass is 10.3. The lowest BCUT2D eigenvalue weighted by Crippen LogP contribution is -2.01. The van der Waals surface area contributed by atoms with Gasteiger partial charge in [-0.25, -0.2) is 9.97 Å². The van der Waals surface area contributed by atoms with Crippen LogP contribution in [0.2, 0.25) is 0 Å². The minimum atomic E-state index is 0.160. The summed E-state index contributed by atoms with van der Waals surface area (Å²) in [5.74, 6) is 0. The second-order valence-corrected chi connectivity index (χ2v) is 3.49. The van der Waals surface area contributed by atoms with Gasteiger partial charge in [-0.3, -0.25) is 0 Å². The van der Waals surface area contributed by atoms with E-state index in [1.165, 1.54) is 17.7 Å². The first-order valence-electron chi connectivity index (χ1n) is 4.07. The molecular formula is C9H5N5S. The molecule has 0 unspecified atom stereocenters. The number of rotatable bonds is 2. The summed E-state index contributed by atoms with van der Waals surface area (Å²) < 4.78 is 1.62. The van der Waals surface area contributed by atoms with Crippen molar-refractivity contribution in [3.8, 4) is 12.1 Å². The zero-order chi connectivity index (χ0) is 10.7. The number of hydrogen-bond acceptors (Lipinski definition) is 5. The molecule has 0 saturated carbocycles. The molecule has 15 heavy (non-hydrogen) atoms. The Bertz CT molecular complexity index is 540. The molecule has 0 aliphatic carbocycles. The summed E-state index contributed by atoms with van der Waals surface area (Å²) in [4.78, 5) is 7.94. The Morgan fingerprint density at radius 1 is 1.33 bits per heavy atom. The summed E-state index contributed by atoms with van der Waals surface area (Å²) in [6, 6.07) is 3.84. The van der Waals surface area contributed by atoms with Gasteiger partial charge >= 0.3 is 0 Å². The molecule has 0 fully saturated rings. The molecule has 0 saturated heterocycles. The molecule has 0 aliphatic rings. The van der Waals surface area contributed by atoms with Crippen molar-refractivity contribution in [2.24, 2.45) is 0 Å². The average Bonchev–Trinajstić information content (AvgIpc) is 2.87. The number of nitriles is 2. The van der Waals surface area contributed by atoms with Crippen molar-refractivity contribution in [2.75, 3.05) is 0 Å². The first-order valence-corrected chi connectivity index (χ1v) is 5.02. The van der Waals surface area contributed by atoms with Gasteiger partial charge < -0.3 is 4.57 Å². The molecule has 72 valence electrons. The molecule has 6 heteroatoms. The molecular weight excluding hydrogens is 210 g/mol. The predicted octanol–water partition coefficient (Wildman–Crippen LogP) is 1.13. The molecule has 2 heterocycles. The van der Waals surface area contributed by atoms with Crippen molar-refractivity contribution in [3.63, 3.8) is 0 Å². The minimum Gasteiger partial charge on any atom is -0.315 e. The van der Waals surface area contributed by atoms with Gasteiger partial charge in [-0.2, -0.15) is 10.5 Å². The van der Waals surface area contributed by atoms with Gasteiger partial charge in [0.2, 0.25) is 0 Å². The quantitative estimate of drug-likeness (QED) is 0.752. The minimum absolute atomic E-state index is 0.160. The van der Waals surface area contributed by atoms with Crippen molar-refractivity contribution < 1.29 is 0 Å². The second kappa shape index (κ2) is 3.91. The zero-order valence-electron chi connectivity index (χ0n) is 7.58. The highest BCUT2D eigenvalue weighted by Crippen LogP contribution is 2.09. The maximum atomic E-state index is 8.87. The van der Waals surface area contributed by atoms with Crippen molar-refractivity contribution >= 4 is 11.3 Å². The summed E-state index contributed by atoms with van der Waals surface area (Å²) in [5.41, 5.74) is 3.03. The third-order valence-corrected chi connectivity index (χ3v) is 2.50. The molecule has 0 aromatic carbocycles. The van der Waals surface area contributed by atoms with Crippen LogP contribution in [0.25, 0.3) is 0 Å². The first kappa shape index (κ1) is 9.38. The fraction of sp³-hybridized carbons (Fsp3) is 0.111. The Kier molecular flexibility index (Phi) is 2.44. The fourth-order valence-corrected chi connectivity index (χ4v) is 1.74. The smallest absolute Gasteiger partial charge is 0.176 e. The Hall–Kier alpha value is -2.18. The van der Waals surface area contributed by atoms with Gasteiger partial charge in [0, 0.05) is 5.38 Å².